The maximum Gasteiger partial charge on any atom is 0.328 e. The second-order valence-corrected chi connectivity index (χ2v) is 7.83. The molecular weight excluding hydrogens is 380 g/mol. The van der Waals surface area contributed by atoms with Gasteiger partial charge in [-0.3, -0.25) is 4.79 Å². The monoisotopic (exact) mass is 400 g/mol. The van der Waals surface area contributed by atoms with Gasteiger partial charge in [0.25, 0.3) is 0 Å². The predicted octanol–water partition coefficient (Wildman–Crippen LogP) is 2.73. The number of furan rings is 1. The van der Waals surface area contributed by atoms with E-state index in [-0.39, 0.29) is 11.9 Å². The molecule has 2 aromatic carbocycles. The Hall–Kier alpha value is -2.68. The zero-order chi connectivity index (χ0) is 19.7. The largest absolute Gasteiger partial charge is 0.588 e. The van der Waals surface area contributed by atoms with E-state index in [2.05, 4.69) is 4.72 Å². The Balaban J connectivity index is 1.51. The number of fused-ring (bicyclic) bond motifs is 1. The van der Waals surface area contributed by atoms with Crippen LogP contribution in [0.3, 0.4) is 0 Å². The number of carbonyl (C=O) groups is 1. The van der Waals surface area contributed by atoms with Crippen LogP contribution in [0.25, 0.3) is 11.0 Å². The van der Waals surface area contributed by atoms with Gasteiger partial charge in [0, 0.05) is 31.2 Å². The molecule has 2 heterocycles. The van der Waals surface area contributed by atoms with E-state index in [9.17, 15) is 9.35 Å². The van der Waals surface area contributed by atoms with Crippen LogP contribution in [-0.2, 0) is 16.1 Å². The molecule has 8 heteroatoms. The van der Waals surface area contributed by atoms with Gasteiger partial charge in [0.1, 0.15) is 23.0 Å². The Morgan fingerprint density at radius 2 is 2.00 bits per heavy atom. The average molecular weight is 400 g/mol. The number of para-hydroxylation sites is 1. The lowest BCUT2D eigenvalue weighted by Gasteiger charge is -2.27. The smallest absolute Gasteiger partial charge is 0.328 e. The first kappa shape index (κ1) is 18.7. The molecule has 1 aliphatic heterocycles. The van der Waals surface area contributed by atoms with Crippen molar-refractivity contribution in [3.05, 3.63) is 54.3 Å². The molecular formula is C20H20N2O5S. The summed E-state index contributed by atoms with van der Waals surface area (Å²) < 4.78 is 31.7. The quantitative estimate of drug-likeness (QED) is 0.640. The molecule has 146 valence electrons. The Morgan fingerprint density at radius 3 is 2.71 bits per heavy atom. The number of hydrogen-bond donors (Lipinski definition) is 1. The first-order valence-electron chi connectivity index (χ1n) is 8.78. The highest BCUT2D eigenvalue weighted by Crippen LogP contribution is 2.27. The maximum absolute atomic E-state index is 12.7. The van der Waals surface area contributed by atoms with E-state index in [0.29, 0.717) is 29.4 Å². The summed E-state index contributed by atoms with van der Waals surface area (Å²) in [6.07, 6.45) is -0.0601. The highest BCUT2D eigenvalue weighted by atomic mass is 32.2. The second-order valence-electron chi connectivity index (χ2n) is 6.65. The van der Waals surface area contributed by atoms with Gasteiger partial charge in [-0.2, -0.15) is 4.72 Å². The summed E-state index contributed by atoms with van der Waals surface area (Å²) in [6, 6.07) is 14.2. The third-order valence-electron chi connectivity index (χ3n) is 4.38. The molecule has 1 saturated heterocycles. The van der Waals surface area contributed by atoms with E-state index in [1.807, 2.05) is 37.2 Å². The number of nitrogens with one attached hydrogen (secondary N) is 1. The highest BCUT2D eigenvalue weighted by Gasteiger charge is 2.27. The topological polar surface area (TPSA) is 87.0 Å². The number of benzene rings is 2. The fourth-order valence-electron chi connectivity index (χ4n) is 2.76. The van der Waals surface area contributed by atoms with Crippen molar-refractivity contribution in [1.82, 2.24) is 4.72 Å². The van der Waals surface area contributed by atoms with Gasteiger partial charge in [-0.05, 0) is 30.3 Å². The first-order valence-corrected chi connectivity index (χ1v) is 9.93. The van der Waals surface area contributed by atoms with Gasteiger partial charge in [0.05, 0.1) is 13.2 Å². The van der Waals surface area contributed by atoms with Crippen molar-refractivity contribution < 1.29 is 23.2 Å². The van der Waals surface area contributed by atoms with Crippen LogP contribution < -0.4 is 14.4 Å². The van der Waals surface area contributed by atoms with Crippen LogP contribution in [0, 0.1) is 0 Å². The van der Waals surface area contributed by atoms with Crippen molar-refractivity contribution in [2.45, 2.75) is 11.0 Å². The van der Waals surface area contributed by atoms with E-state index in [0.717, 1.165) is 11.1 Å². The normalized spacial score (nSPS) is 15.1. The van der Waals surface area contributed by atoms with Crippen molar-refractivity contribution in [2.24, 2.45) is 0 Å². The molecule has 4 rings (SSSR count). The minimum Gasteiger partial charge on any atom is -0.588 e. The summed E-state index contributed by atoms with van der Waals surface area (Å²) in [6.45, 7) is 1.00. The lowest BCUT2D eigenvalue weighted by atomic mass is 10.2. The Kier molecular flexibility index (Phi) is 5.17. The third kappa shape index (κ3) is 3.80. The van der Waals surface area contributed by atoms with Crippen LogP contribution >= 0.6 is 0 Å². The van der Waals surface area contributed by atoms with Crippen LogP contribution in [0.5, 0.6) is 5.75 Å². The molecule has 1 amide bonds. The highest BCUT2D eigenvalue weighted by molar-refractivity contribution is 7.90. The van der Waals surface area contributed by atoms with Crippen LogP contribution in [0.4, 0.5) is 5.69 Å². The number of rotatable bonds is 6. The Bertz CT molecular complexity index is 999. The van der Waals surface area contributed by atoms with Crippen molar-refractivity contribution >= 4 is 33.9 Å². The zero-order valence-corrected chi connectivity index (χ0v) is 16.3. The number of anilines is 1. The second kappa shape index (κ2) is 7.75. The minimum absolute atomic E-state index is 0.0601. The molecule has 1 atom stereocenters. The summed E-state index contributed by atoms with van der Waals surface area (Å²) in [7, 11) is 3.85. The fourth-order valence-corrected chi connectivity index (χ4v) is 3.64. The van der Waals surface area contributed by atoms with Gasteiger partial charge >= 0.3 is 5.91 Å². The fraction of sp³-hybridized carbons (Fsp3) is 0.250. The maximum atomic E-state index is 12.7. The van der Waals surface area contributed by atoms with E-state index in [1.165, 1.54) is 0 Å². The number of nitrogens with zero attached hydrogens (tertiary/aromatic N) is 1. The molecule has 1 fully saturated rings. The molecule has 1 N–H and O–H groups in total. The van der Waals surface area contributed by atoms with Crippen LogP contribution in [-0.4, -0.2) is 43.9 Å². The van der Waals surface area contributed by atoms with Crippen LogP contribution in [0.15, 0.2) is 57.8 Å². The Morgan fingerprint density at radius 1 is 1.21 bits per heavy atom. The van der Waals surface area contributed by atoms with Crippen molar-refractivity contribution in [2.75, 3.05) is 32.2 Å². The van der Waals surface area contributed by atoms with Gasteiger partial charge in [-0.15, -0.1) is 0 Å². The van der Waals surface area contributed by atoms with E-state index < -0.39 is 17.3 Å². The van der Waals surface area contributed by atoms with Crippen molar-refractivity contribution in [3.8, 4) is 5.75 Å². The first-order chi connectivity index (χ1) is 13.5. The average Bonchev–Trinajstić information content (AvgIpc) is 3.08. The Labute approximate surface area is 165 Å². The SMILES string of the molecule is CN(C)c1ccc2cc(C(=O)N[S+]([O-])c3ccccc3OC3COC3)oc2c1. The molecule has 0 saturated carbocycles. The van der Waals surface area contributed by atoms with E-state index in [1.54, 1.807) is 30.3 Å². The lowest BCUT2D eigenvalue weighted by Crippen LogP contribution is -2.39. The molecule has 7 nitrogen and oxygen atoms in total. The van der Waals surface area contributed by atoms with Crippen LogP contribution in [0.2, 0.25) is 0 Å². The van der Waals surface area contributed by atoms with E-state index in [4.69, 9.17) is 13.9 Å². The number of carbonyl (C=O) groups excluding carboxylic acids is 1. The summed E-state index contributed by atoms with van der Waals surface area (Å²) in [5.74, 6) is 0.0161. The van der Waals surface area contributed by atoms with Gasteiger partial charge in [-0.1, -0.05) is 12.1 Å². The summed E-state index contributed by atoms with van der Waals surface area (Å²) in [5, 5.41) is 0.801. The molecule has 0 spiro atoms. The molecule has 1 aromatic heterocycles. The summed E-state index contributed by atoms with van der Waals surface area (Å²) in [4.78, 5) is 14.9. The number of ether oxygens (including phenoxy) is 2. The summed E-state index contributed by atoms with van der Waals surface area (Å²) >= 11 is -1.79. The molecule has 1 aliphatic rings. The van der Waals surface area contributed by atoms with Crippen molar-refractivity contribution in [3.63, 3.8) is 0 Å². The van der Waals surface area contributed by atoms with Crippen LogP contribution in [0.1, 0.15) is 10.6 Å². The molecule has 0 radical (unpaired) electrons. The predicted molar refractivity (Wildman–Crippen MR) is 106 cm³/mol. The third-order valence-corrected chi connectivity index (χ3v) is 5.49. The lowest BCUT2D eigenvalue weighted by molar-refractivity contribution is -0.0807. The molecule has 0 aliphatic carbocycles. The van der Waals surface area contributed by atoms with Gasteiger partial charge < -0.3 is 23.3 Å². The van der Waals surface area contributed by atoms with E-state index >= 15 is 0 Å². The molecule has 3 aromatic rings. The van der Waals surface area contributed by atoms with Gasteiger partial charge in [0.15, 0.2) is 11.5 Å². The zero-order valence-electron chi connectivity index (χ0n) is 15.5. The van der Waals surface area contributed by atoms with Gasteiger partial charge in [-0.25, -0.2) is 0 Å². The molecule has 0 bridgehead atoms. The minimum atomic E-state index is -1.79. The number of amides is 1. The van der Waals surface area contributed by atoms with Gasteiger partial charge in [0.2, 0.25) is 4.90 Å². The molecule has 28 heavy (non-hydrogen) atoms. The standard InChI is InChI=1S/C20H20N2O5S/c1-22(2)14-8-7-13-9-18(27-17(13)10-14)20(23)21-28(24)19-6-4-3-5-16(19)26-15-11-25-12-15/h3-10,15H,11-12H2,1-2H3,(H,21,23). The summed E-state index contributed by atoms with van der Waals surface area (Å²) in [5.41, 5.74) is 1.55. The van der Waals surface area contributed by atoms with Crippen molar-refractivity contribution in [1.29, 1.82) is 0 Å². The molecule has 1 unspecified atom stereocenters. The number of hydrogen-bond acceptors (Lipinski definition) is 6.